The lowest BCUT2D eigenvalue weighted by Gasteiger charge is -2.57. The second kappa shape index (κ2) is 3.47. The fourth-order valence-corrected chi connectivity index (χ4v) is 2.44. The average molecular weight is 198 g/mol. The lowest BCUT2D eigenvalue weighted by molar-refractivity contribution is -0.115. The minimum Gasteiger partial charge on any atom is -0.381 e. The third-order valence-corrected chi connectivity index (χ3v) is 3.96. The number of nitrogens with two attached hydrogens (primary N) is 1. The van der Waals surface area contributed by atoms with E-state index < -0.39 is 0 Å². The van der Waals surface area contributed by atoms with Gasteiger partial charge in [-0.1, -0.05) is 0 Å². The Morgan fingerprint density at radius 1 is 1.29 bits per heavy atom. The lowest BCUT2D eigenvalue weighted by Crippen LogP contribution is -2.66. The number of hydrogen-bond acceptors (Lipinski definition) is 3. The number of likely N-dealkylation sites (tertiary alicyclic amines) is 1. The molecule has 0 amide bonds. The van der Waals surface area contributed by atoms with Crippen LogP contribution in [0.4, 0.5) is 0 Å². The monoisotopic (exact) mass is 198 g/mol. The van der Waals surface area contributed by atoms with Crippen molar-refractivity contribution in [3.05, 3.63) is 0 Å². The maximum absolute atomic E-state index is 5.77. The van der Waals surface area contributed by atoms with Gasteiger partial charge in [0.05, 0.1) is 0 Å². The average Bonchev–Trinajstić information content (AvgIpc) is 2.15. The fourth-order valence-electron chi connectivity index (χ4n) is 2.44. The van der Waals surface area contributed by atoms with Crippen molar-refractivity contribution < 1.29 is 4.74 Å². The first-order chi connectivity index (χ1) is 6.58. The van der Waals surface area contributed by atoms with Crippen molar-refractivity contribution in [3.63, 3.8) is 0 Å². The molecule has 14 heavy (non-hydrogen) atoms. The topological polar surface area (TPSA) is 38.5 Å². The fraction of sp³-hybridized carbons (Fsp3) is 1.00. The van der Waals surface area contributed by atoms with Crippen molar-refractivity contribution in [3.8, 4) is 0 Å². The minimum absolute atomic E-state index is 0.184. The van der Waals surface area contributed by atoms with Gasteiger partial charge in [-0.3, -0.25) is 4.90 Å². The molecule has 2 saturated heterocycles. The number of rotatable bonds is 2. The summed E-state index contributed by atoms with van der Waals surface area (Å²) in [6, 6.07) is 0. The zero-order valence-electron chi connectivity index (χ0n) is 9.38. The summed E-state index contributed by atoms with van der Waals surface area (Å²) in [6.07, 6.45) is 2.48. The molecule has 2 rings (SSSR count). The Hall–Kier alpha value is -0.120. The molecule has 0 radical (unpaired) electrons. The van der Waals surface area contributed by atoms with E-state index in [2.05, 4.69) is 18.7 Å². The molecule has 2 aliphatic heterocycles. The highest BCUT2D eigenvalue weighted by Crippen LogP contribution is 2.42. The molecule has 0 atom stereocenters. The third-order valence-electron chi connectivity index (χ3n) is 3.96. The predicted octanol–water partition coefficient (Wildman–Crippen LogP) is 0.836. The minimum atomic E-state index is 0.184. The molecule has 2 N–H and O–H groups in total. The molecule has 0 unspecified atom stereocenters. The number of nitrogens with zero attached hydrogens (tertiary/aromatic N) is 1. The van der Waals surface area contributed by atoms with Crippen LogP contribution in [0.2, 0.25) is 0 Å². The molecular weight excluding hydrogens is 176 g/mol. The first kappa shape index (κ1) is 10.4. The van der Waals surface area contributed by atoms with Gasteiger partial charge in [-0.05, 0) is 26.7 Å². The molecule has 0 aromatic rings. The number of hydrogen-bond donors (Lipinski definition) is 1. The van der Waals surface area contributed by atoms with Gasteiger partial charge in [0, 0.05) is 43.8 Å². The van der Waals surface area contributed by atoms with E-state index >= 15 is 0 Å². The van der Waals surface area contributed by atoms with Crippen LogP contribution in [0.3, 0.4) is 0 Å². The van der Waals surface area contributed by atoms with Crippen molar-refractivity contribution in [2.24, 2.45) is 11.1 Å². The summed E-state index contributed by atoms with van der Waals surface area (Å²) in [5, 5.41) is 0. The summed E-state index contributed by atoms with van der Waals surface area (Å²) in [6.45, 7) is 9.58. The molecule has 0 aromatic heterocycles. The van der Waals surface area contributed by atoms with Crippen LogP contribution in [0.25, 0.3) is 0 Å². The van der Waals surface area contributed by atoms with E-state index in [9.17, 15) is 0 Å². The van der Waals surface area contributed by atoms with Gasteiger partial charge < -0.3 is 10.5 Å². The molecule has 0 aromatic carbocycles. The normalized spacial score (nSPS) is 27.6. The zero-order chi connectivity index (χ0) is 10.2. The largest absolute Gasteiger partial charge is 0.381 e. The third kappa shape index (κ3) is 1.69. The van der Waals surface area contributed by atoms with E-state index in [0.717, 1.165) is 19.8 Å². The quantitative estimate of drug-likeness (QED) is 0.714. The summed E-state index contributed by atoms with van der Waals surface area (Å²) in [5.41, 5.74) is 6.53. The molecule has 1 spiro atoms. The molecule has 0 saturated carbocycles. The van der Waals surface area contributed by atoms with Crippen LogP contribution in [0.5, 0.6) is 0 Å². The van der Waals surface area contributed by atoms with Crippen LogP contribution >= 0.6 is 0 Å². The summed E-state index contributed by atoms with van der Waals surface area (Å²) in [7, 11) is 0. The van der Waals surface area contributed by atoms with Gasteiger partial charge in [-0.15, -0.1) is 0 Å². The van der Waals surface area contributed by atoms with Gasteiger partial charge >= 0.3 is 0 Å². The second-order valence-electron chi connectivity index (χ2n) is 5.48. The SMILES string of the molecule is CC(C)(CN)N1CC2(CCOCC2)C1. The highest BCUT2D eigenvalue weighted by Gasteiger charge is 2.47. The van der Waals surface area contributed by atoms with Gasteiger partial charge in [0.15, 0.2) is 0 Å². The summed E-state index contributed by atoms with van der Waals surface area (Å²) in [4.78, 5) is 2.51. The van der Waals surface area contributed by atoms with Crippen molar-refractivity contribution in [2.45, 2.75) is 32.2 Å². The van der Waals surface area contributed by atoms with Crippen molar-refractivity contribution >= 4 is 0 Å². The van der Waals surface area contributed by atoms with Gasteiger partial charge in [-0.2, -0.15) is 0 Å². The Bertz CT molecular complexity index is 201. The Kier molecular flexibility index (Phi) is 2.58. The molecular formula is C11H22N2O. The van der Waals surface area contributed by atoms with Gasteiger partial charge in [0.1, 0.15) is 0 Å². The second-order valence-corrected chi connectivity index (χ2v) is 5.48. The standard InChI is InChI=1S/C11H22N2O/c1-10(2,7-12)13-8-11(9-13)3-5-14-6-4-11/h3-9,12H2,1-2H3. The first-order valence-corrected chi connectivity index (χ1v) is 5.61. The molecule has 2 heterocycles. The molecule has 82 valence electrons. The first-order valence-electron chi connectivity index (χ1n) is 5.61. The van der Waals surface area contributed by atoms with E-state index in [-0.39, 0.29) is 5.54 Å². The van der Waals surface area contributed by atoms with E-state index in [4.69, 9.17) is 10.5 Å². The Morgan fingerprint density at radius 3 is 2.36 bits per heavy atom. The van der Waals surface area contributed by atoms with Crippen LogP contribution in [0.1, 0.15) is 26.7 Å². The predicted molar refractivity (Wildman–Crippen MR) is 57.2 cm³/mol. The van der Waals surface area contributed by atoms with Crippen LogP contribution in [-0.2, 0) is 4.74 Å². The van der Waals surface area contributed by atoms with Crippen molar-refractivity contribution in [2.75, 3.05) is 32.8 Å². The van der Waals surface area contributed by atoms with Gasteiger partial charge in [-0.25, -0.2) is 0 Å². The van der Waals surface area contributed by atoms with Crippen LogP contribution in [0.15, 0.2) is 0 Å². The van der Waals surface area contributed by atoms with Crippen LogP contribution < -0.4 is 5.73 Å². The van der Waals surface area contributed by atoms with Crippen LogP contribution in [-0.4, -0.2) is 43.3 Å². The van der Waals surface area contributed by atoms with Crippen molar-refractivity contribution in [1.29, 1.82) is 0 Å². The molecule has 2 aliphatic rings. The summed E-state index contributed by atoms with van der Waals surface area (Å²) in [5.74, 6) is 0. The highest BCUT2D eigenvalue weighted by molar-refractivity contribution is 5.01. The van der Waals surface area contributed by atoms with E-state index in [1.54, 1.807) is 0 Å². The van der Waals surface area contributed by atoms with E-state index in [1.807, 2.05) is 0 Å². The molecule has 0 bridgehead atoms. The van der Waals surface area contributed by atoms with Gasteiger partial charge in [0.25, 0.3) is 0 Å². The Morgan fingerprint density at radius 2 is 1.86 bits per heavy atom. The van der Waals surface area contributed by atoms with E-state index in [0.29, 0.717) is 5.41 Å². The molecule has 0 aliphatic carbocycles. The smallest absolute Gasteiger partial charge is 0.0472 e. The van der Waals surface area contributed by atoms with Gasteiger partial charge in [0.2, 0.25) is 0 Å². The van der Waals surface area contributed by atoms with Crippen LogP contribution in [0, 0.1) is 5.41 Å². The lowest BCUT2D eigenvalue weighted by atomic mass is 9.71. The maximum atomic E-state index is 5.77. The zero-order valence-corrected chi connectivity index (χ0v) is 9.38. The van der Waals surface area contributed by atoms with E-state index in [1.165, 1.54) is 25.9 Å². The maximum Gasteiger partial charge on any atom is 0.0472 e. The highest BCUT2D eigenvalue weighted by atomic mass is 16.5. The molecule has 3 heteroatoms. The van der Waals surface area contributed by atoms with Crippen molar-refractivity contribution in [1.82, 2.24) is 4.90 Å². The Labute approximate surface area is 86.6 Å². The molecule has 2 fully saturated rings. The summed E-state index contributed by atoms with van der Waals surface area (Å²) >= 11 is 0. The Balaban J connectivity index is 1.88. The number of ether oxygens (including phenoxy) is 1. The molecule has 3 nitrogen and oxygen atoms in total. The summed E-state index contributed by atoms with van der Waals surface area (Å²) < 4.78 is 5.40.